The maximum absolute atomic E-state index is 14.0. The molecular weight excluding hydrogens is 705 g/mol. The van der Waals surface area contributed by atoms with E-state index >= 15 is 0 Å². The van der Waals surface area contributed by atoms with Crippen molar-refractivity contribution in [1.29, 1.82) is 0 Å². The number of methoxy groups -OCH3 is 1. The van der Waals surface area contributed by atoms with Gasteiger partial charge in [0.15, 0.2) is 0 Å². The second-order valence-corrected chi connectivity index (χ2v) is 13.7. The summed E-state index contributed by atoms with van der Waals surface area (Å²) in [7, 11) is 1.41. The molecule has 3 atom stereocenters. The van der Waals surface area contributed by atoms with Crippen LogP contribution in [0.25, 0.3) is 0 Å². The lowest BCUT2D eigenvalue weighted by Crippen LogP contribution is -2.55. The van der Waals surface area contributed by atoms with E-state index in [1.165, 1.54) is 57.4 Å². The Labute approximate surface area is 305 Å². The first kappa shape index (κ1) is 41.3. The Morgan fingerprint density at radius 2 is 1.44 bits per heavy atom. The van der Waals surface area contributed by atoms with Gasteiger partial charge in [-0.25, -0.2) is 4.79 Å². The van der Waals surface area contributed by atoms with Gasteiger partial charge in [-0.05, 0) is 79.8 Å². The zero-order valence-corrected chi connectivity index (χ0v) is 30.3. The second kappa shape index (κ2) is 17.9. The smallest absolute Gasteiger partial charge is 0.452 e. The van der Waals surface area contributed by atoms with Gasteiger partial charge in [0.2, 0.25) is 11.8 Å². The summed E-state index contributed by atoms with van der Waals surface area (Å²) in [5.74, 6) is -5.29. The number of carbonyl (C=O) groups excluding carboxylic acids is 5. The van der Waals surface area contributed by atoms with E-state index < -0.39 is 65.4 Å². The lowest BCUT2D eigenvalue weighted by Gasteiger charge is -2.27. The Morgan fingerprint density at radius 1 is 0.808 bits per heavy atom. The number of rotatable bonds is 14. The molecule has 4 amide bonds. The Kier molecular flexibility index (Phi) is 14.2. The van der Waals surface area contributed by atoms with Gasteiger partial charge in [-0.1, -0.05) is 61.8 Å². The predicted octanol–water partition coefficient (Wildman–Crippen LogP) is 5.84. The van der Waals surface area contributed by atoms with E-state index in [1.54, 1.807) is 57.2 Å². The van der Waals surface area contributed by atoms with Crippen molar-refractivity contribution in [2.45, 2.75) is 77.5 Å². The van der Waals surface area contributed by atoms with Gasteiger partial charge in [-0.3, -0.25) is 19.2 Å². The number of nitrogens with one attached hydrogen (secondary N) is 4. The standard InChI is InChI=1S/C37H42ClF3N4O7/c1-21(2)29(31(46)37(39,40)41)44-34(49)30(24-14-16-27(51-6)17-15-24)45-33(48)28(19-23-8-7-9-26(38)18-23)43-32(47)25-12-10-22(11-13-25)20-42-35(50)52-36(3,4)5/h7-18,21,28-30H,19-20H2,1-6H3,(H,42,50)(H,43,47)(H,44,49)(H,45,48)/t28-,29-,30-/m0/s1. The van der Waals surface area contributed by atoms with Crippen LogP contribution in [0.15, 0.2) is 72.8 Å². The number of amides is 4. The quantitative estimate of drug-likeness (QED) is 0.162. The van der Waals surface area contributed by atoms with E-state index in [0.29, 0.717) is 21.9 Å². The van der Waals surface area contributed by atoms with Crippen molar-refractivity contribution < 1.29 is 46.6 Å². The van der Waals surface area contributed by atoms with Gasteiger partial charge in [-0.15, -0.1) is 0 Å². The molecule has 0 saturated heterocycles. The van der Waals surface area contributed by atoms with E-state index in [9.17, 15) is 37.1 Å². The van der Waals surface area contributed by atoms with E-state index in [0.717, 1.165) is 0 Å². The van der Waals surface area contributed by atoms with E-state index in [4.69, 9.17) is 21.1 Å². The van der Waals surface area contributed by atoms with Crippen molar-refractivity contribution in [3.63, 3.8) is 0 Å². The summed E-state index contributed by atoms with van der Waals surface area (Å²) in [5.41, 5.74) is 0.864. The van der Waals surface area contributed by atoms with Crippen molar-refractivity contribution in [3.05, 3.63) is 100 Å². The molecule has 15 heteroatoms. The minimum atomic E-state index is -5.22. The predicted molar refractivity (Wildman–Crippen MR) is 188 cm³/mol. The SMILES string of the molecule is COc1ccc([C@H](NC(=O)[C@H](Cc2cccc(Cl)c2)NC(=O)c2ccc(CNC(=O)OC(C)(C)C)cc2)C(=O)N[C@H](C(=O)C(F)(F)F)C(C)C)cc1. The molecule has 52 heavy (non-hydrogen) atoms. The van der Waals surface area contributed by atoms with Gasteiger partial charge in [0.1, 0.15) is 23.4 Å². The van der Waals surface area contributed by atoms with Crippen molar-refractivity contribution in [1.82, 2.24) is 21.3 Å². The molecule has 0 fully saturated rings. The third-order valence-corrected chi connectivity index (χ3v) is 7.76. The summed E-state index contributed by atoms with van der Waals surface area (Å²) in [6.07, 6.45) is -5.92. The lowest BCUT2D eigenvalue weighted by molar-refractivity contribution is -0.175. The van der Waals surface area contributed by atoms with Crippen LogP contribution in [0, 0.1) is 5.92 Å². The summed E-state index contributed by atoms with van der Waals surface area (Å²) >= 11 is 6.17. The largest absolute Gasteiger partial charge is 0.497 e. The van der Waals surface area contributed by atoms with Crippen LogP contribution in [-0.2, 0) is 32.1 Å². The van der Waals surface area contributed by atoms with Crippen LogP contribution in [0.3, 0.4) is 0 Å². The molecule has 0 aromatic heterocycles. The van der Waals surface area contributed by atoms with Crippen LogP contribution in [0.2, 0.25) is 5.02 Å². The number of halogens is 4. The number of benzene rings is 3. The Balaban J connectivity index is 1.89. The summed E-state index contributed by atoms with van der Waals surface area (Å²) in [4.78, 5) is 65.3. The average Bonchev–Trinajstić information content (AvgIpc) is 3.06. The zero-order valence-electron chi connectivity index (χ0n) is 29.5. The van der Waals surface area contributed by atoms with Gasteiger partial charge in [0.25, 0.3) is 11.7 Å². The van der Waals surface area contributed by atoms with Crippen molar-refractivity contribution in [2.24, 2.45) is 5.92 Å². The van der Waals surface area contributed by atoms with E-state index in [-0.39, 0.29) is 24.1 Å². The van der Waals surface area contributed by atoms with Crippen LogP contribution >= 0.6 is 11.6 Å². The highest BCUT2D eigenvalue weighted by molar-refractivity contribution is 6.30. The topological polar surface area (TPSA) is 152 Å². The monoisotopic (exact) mass is 746 g/mol. The maximum atomic E-state index is 14.0. The minimum Gasteiger partial charge on any atom is -0.497 e. The summed E-state index contributed by atoms with van der Waals surface area (Å²) < 4.78 is 50.7. The number of hydrogen-bond acceptors (Lipinski definition) is 7. The number of alkyl carbamates (subject to hydrolysis) is 1. The molecule has 0 unspecified atom stereocenters. The molecule has 280 valence electrons. The van der Waals surface area contributed by atoms with E-state index in [2.05, 4.69) is 21.3 Å². The van der Waals surface area contributed by atoms with Crippen molar-refractivity contribution >= 4 is 41.2 Å². The summed E-state index contributed by atoms with van der Waals surface area (Å²) in [6, 6.07) is 13.7. The third kappa shape index (κ3) is 12.6. The molecular formula is C37H42ClF3N4O7. The highest BCUT2D eigenvalue weighted by Crippen LogP contribution is 2.24. The molecule has 3 rings (SSSR count). The number of ketones is 1. The fraction of sp³-hybridized carbons (Fsp3) is 0.378. The Hall–Kier alpha value is -5.11. The maximum Gasteiger partial charge on any atom is 0.452 e. The molecule has 0 aliphatic rings. The zero-order chi connectivity index (χ0) is 38.8. The number of carbonyl (C=O) groups is 5. The highest BCUT2D eigenvalue weighted by atomic mass is 35.5. The summed E-state index contributed by atoms with van der Waals surface area (Å²) in [5, 5.41) is 10.4. The molecule has 0 aliphatic heterocycles. The van der Waals surface area contributed by atoms with Crippen LogP contribution in [0.4, 0.5) is 18.0 Å². The number of Topliss-reactive ketones (excluding diaryl/α,β-unsaturated/α-hetero) is 1. The van der Waals surface area contributed by atoms with Crippen molar-refractivity contribution in [3.8, 4) is 5.75 Å². The normalized spacial score (nSPS) is 13.3. The highest BCUT2D eigenvalue weighted by Gasteiger charge is 2.45. The first-order valence-corrected chi connectivity index (χ1v) is 16.6. The van der Waals surface area contributed by atoms with Gasteiger partial charge >= 0.3 is 12.3 Å². The first-order chi connectivity index (χ1) is 24.3. The summed E-state index contributed by atoms with van der Waals surface area (Å²) in [6.45, 7) is 8.01. The first-order valence-electron chi connectivity index (χ1n) is 16.2. The molecule has 3 aromatic rings. The van der Waals surface area contributed by atoms with Crippen LogP contribution < -0.4 is 26.0 Å². The Bertz CT molecular complexity index is 1730. The van der Waals surface area contributed by atoms with Crippen LogP contribution in [0.1, 0.15) is 67.7 Å². The van der Waals surface area contributed by atoms with Gasteiger partial charge < -0.3 is 30.7 Å². The van der Waals surface area contributed by atoms with Crippen LogP contribution in [-0.4, -0.2) is 60.6 Å². The third-order valence-electron chi connectivity index (χ3n) is 7.53. The van der Waals surface area contributed by atoms with Crippen molar-refractivity contribution in [2.75, 3.05) is 7.11 Å². The Morgan fingerprint density at radius 3 is 1.98 bits per heavy atom. The average molecular weight is 747 g/mol. The van der Waals surface area contributed by atoms with Gasteiger partial charge in [0.05, 0.1) is 13.2 Å². The molecule has 0 heterocycles. The minimum absolute atomic E-state index is 0.0891. The molecule has 0 spiro atoms. The van der Waals surface area contributed by atoms with E-state index in [1.807, 2.05) is 0 Å². The molecule has 0 radical (unpaired) electrons. The molecule has 4 N–H and O–H groups in total. The fourth-order valence-corrected chi connectivity index (χ4v) is 5.11. The lowest BCUT2D eigenvalue weighted by atomic mass is 9.97. The molecule has 0 bridgehead atoms. The number of ether oxygens (including phenoxy) is 2. The molecule has 0 aliphatic carbocycles. The molecule has 11 nitrogen and oxygen atoms in total. The number of alkyl halides is 3. The second-order valence-electron chi connectivity index (χ2n) is 13.2. The van der Waals surface area contributed by atoms with Gasteiger partial charge in [0, 0.05) is 23.6 Å². The van der Waals surface area contributed by atoms with Crippen LogP contribution in [0.5, 0.6) is 5.75 Å². The molecule has 3 aromatic carbocycles. The molecule has 0 saturated carbocycles. The fourth-order valence-electron chi connectivity index (χ4n) is 4.90. The number of hydrogen-bond donors (Lipinski definition) is 4. The van der Waals surface area contributed by atoms with Gasteiger partial charge in [-0.2, -0.15) is 13.2 Å².